The first-order valence-electron chi connectivity index (χ1n) is 5.66. The Morgan fingerprint density at radius 2 is 1.68 bits per heavy atom. The number of pyridine rings is 1. The largest absolute Gasteiger partial charge is 0.419 e. The van der Waals surface area contributed by atoms with Crippen LogP contribution in [0.2, 0.25) is 0 Å². The molecular formula is C14H9F3N2. The lowest BCUT2D eigenvalue weighted by molar-refractivity contribution is -0.136. The molecule has 2 heterocycles. The molecule has 1 aromatic carbocycles. The van der Waals surface area contributed by atoms with Crippen LogP contribution >= 0.6 is 0 Å². The van der Waals surface area contributed by atoms with E-state index in [4.69, 9.17) is 0 Å². The zero-order valence-electron chi connectivity index (χ0n) is 9.72. The molecule has 0 amide bonds. The van der Waals surface area contributed by atoms with Crippen molar-refractivity contribution in [3.8, 4) is 11.3 Å². The van der Waals surface area contributed by atoms with E-state index in [0.29, 0.717) is 5.69 Å². The third-order valence-corrected chi connectivity index (χ3v) is 2.91. The molecule has 0 unspecified atom stereocenters. The summed E-state index contributed by atoms with van der Waals surface area (Å²) in [4.78, 5) is 3.90. The number of benzene rings is 1. The first kappa shape index (κ1) is 11.8. The van der Waals surface area contributed by atoms with Crippen molar-refractivity contribution in [2.75, 3.05) is 0 Å². The summed E-state index contributed by atoms with van der Waals surface area (Å²) in [5.41, 5.74) is 0.669. The molecule has 3 rings (SSSR count). The average molecular weight is 262 g/mol. The summed E-state index contributed by atoms with van der Waals surface area (Å²) in [6.07, 6.45) is -1.36. The Morgan fingerprint density at radius 1 is 0.947 bits per heavy atom. The predicted octanol–water partition coefficient (Wildman–Crippen LogP) is 4.02. The van der Waals surface area contributed by atoms with Crippen LogP contribution in [-0.4, -0.2) is 9.38 Å². The summed E-state index contributed by atoms with van der Waals surface area (Å²) < 4.78 is 40.1. The molecule has 0 saturated heterocycles. The van der Waals surface area contributed by atoms with E-state index < -0.39 is 11.7 Å². The van der Waals surface area contributed by atoms with Crippen LogP contribution in [0.3, 0.4) is 0 Å². The zero-order valence-corrected chi connectivity index (χ0v) is 9.72. The Morgan fingerprint density at radius 3 is 2.37 bits per heavy atom. The van der Waals surface area contributed by atoms with Crippen LogP contribution in [0.5, 0.6) is 0 Å². The van der Waals surface area contributed by atoms with Crippen molar-refractivity contribution in [1.82, 2.24) is 9.38 Å². The quantitative estimate of drug-likeness (QED) is 0.647. The van der Waals surface area contributed by atoms with Crippen molar-refractivity contribution in [1.29, 1.82) is 0 Å². The molecule has 0 aliphatic carbocycles. The third-order valence-electron chi connectivity index (χ3n) is 2.91. The summed E-state index contributed by atoms with van der Waals surface area (Å²) in [7, 11) is 0. The standard InChI is InChI=1S/C14H9F3N2/c15-14(16,17)11-7-4-8-19-12(9-18-13(11)19)10-5-2-1-3-6-10/h1-9H. The number of halogens is 3. The molecule has 19 heavy (non-hydrogen) atoms. The molecule has 0 fully saturated rings. The average Bonchev–Trinajstić information content (AvgIpc) is 2.82. The second-order valence-electron chi connectivity index (χ2n) is 4.12. The van der Waals surface area contributed by atoms with Crippen LogP contribution in [-0.2, 0) is 6.18 Å². The third kappa shape index (κ3) is 1.97. The van der Waals surface area contributed by atoms with Gasteiger partial charge in [0.1, 0.15) is 5.65 Å². The molecule has 0 N–H and O–H groups in total. The molecule has 0 spiro atoms. The van der Waals surface area contributed by atoms with E-state index in [9.17, 15) is 13.2 Å². The topological polar surface area (TPSA) is 17.3 Å². The van der Waals surface area contributed by atoms with Crippen molar-refractivity contribution >= 4 is 5.65 Å². The first-order chi connectivity index (χ1) is 9.07. The van der Waals surface area contributed by atoms with Gasteiger partial charge in [0.25, 0.3) is 0 Å². The molecule has 2 nitrogen and oxygen atoms in total. The van der Waals surface area contributed by atoms with Crippen molar-refractivity contribution in [2.24, 2.45) is 0 Å². The monoisotopic (exact) mass is 262 g/mol. The number of imidazole rings is 1. The Hall–Kier alpha value is -2.30. The van der Waals surface area contributed by atoms with E-state index >= 15 is 0 Å². The van der Waals surface area contributed by atoms with Crippen molar-refractivity contribution in [3.05, 3.63) is 60.4 Å². The van der Waals surface area contributed by atoms with Gasteiger partial charge in [0.2, 0.25) is 0 Å². The smallest absolute Gasteiger partial charge is 0.299 e. The van der Waals surface area contributed by atoms with Gasteiger partial charge in [-0.25, -0.2) is 4.98 Å². The molecule has 3 aromatic rings. The minimum absolute atomic E-state index is 0.0751. The molecule has 5 heteroatoms. The van der Waals surface area contributed by atoms with E-state index in [0.717, 1.165) is 11.6 Å². The Labute approximate surface area is 107 Å². The first-order valence-corrected chi connectivity index (χ1v) is 5.66. The molecule has 0 saturated carbocycles. The van der Waals surface area contributed by atoms with Gasteiger partial charge in [0.15, 0.2) is 0 Å². The van der Waals surface area contributed by atoms with Crippen molar-refractivity contribution in [3.63, 3.8) is 0 Å². The maximum Gasteiger partial charge on any atom is 0.419 e. The summed E-state index contributed by atoms with van der Waals surface area (Å²) in [5, 5.41) is 0. The Balaban J connectivity index is 2.26. The van der Waals surface area contributed by atoms with Crippen LogP contribution in [0.4, 0.5) is 13.2 Å². The highest BCUT2D eigenvalue weighted by Gasteiger charge is 2.33. The Bertz CT molecular complexity index is 714. The summed E-state index contributed by atoms with van der Waals surface area (Å²) in [6.45, 7) is 0. The van der Waals surface area contributed by atoms with E-state index in [1.165, 1.54) is 16.7 Å². The SMILES string of the molecule is FC(F)(F)c1cccn2c(-c3ccccc3)cnc12. The minimum Gasteiger partial charge on any atom is -0.299 e. The number of hydrogen-bond donors (Lipinski definition) is 0. The highest BCUT2D eigenvalue weighted by molar-refractivity contribution is 5.65. The van der Waals surface area contributed by atoms with Crippen LogP contribution in [0.25, 0.3) is 16.9 Å². The zero-order chi connectivity index (χ0) is 13.5. The molecule has 96 valence electrons. The lowest BCUT2D eigenvalue weighted by atomic mass is 10.2. The predicted molar refractivity (Wildman–Crippen MR) is 65.6 cm³/mol. The molecule has 0 aliphatic heterocycles. The van der Waals surface area contributed by atoms with Gasteiger partial charge in [0, 0.05) is 11.8 Å². The van der Waals surface area contributed by atoms with Gasteiger partial charge < -0.3 is 0 Å². The molecule has 0 atom stereocenters. The number of aromatic nitrogens is 2. The fourth-order valence-electron chi connectivity index (χ4n) is 2.05. The fraction of sp³-hybridized carbons (Fsp3) is 0.0714. The lowest BCUT2D eigenvalue weighted by Crippen LogP contribution is -2.07. The Kier molecular flexibility index (Phi) is 2.55. The normalized spacial score (nSPS) is 11.9. The molecule has 0 radical (unpaired) electrons. The lowest BCUT2D eigenvalue weighted by Gasteiger charge is -2.08. The van der Waals surface area contributed by atoms with Crippen LogP contribution in [0.15, 0.2) is 54.9 Å². The minimum atomic E-state index is -4.40. The van der Waals surface area contributed by atoms with Gasteiger partial charge in [-0.2, -0.15) is 13.2 Å². The van der Waals surface area contributed by atoms with E-state index in [1.807, 2.05) is 30.3 Å². The number of nitrogens with zero attached hydrogens (tertiary/aromatic N) is 2. The highest BCUT2D eigenvalue weighted by Crippen LogP contribution is 2.33. The molecule has 2 aromatic heterocycles. The summed E-state index contributed by atoms with van der Waals surface area (Å²) in [6, 6.07) is 11.6. The molecular weight excluding hydrogens is 253 g/mol. The van der Waals surface area contributed by atoms with Gasteiger partial charge in [-0.15, -0.1) is 0 Å². The van der Waals surface area contributed by atoms with E-state index in [1.54, 1.807) is 6.20 Å². The van der Waals surface area contributed by atoms with Crippen LogP contribution < -0.4 is 0 Å². The van der Waals surface area contributed by atoms with Gasteiger partial charge in [-0.3, -0.25) is 4.40 Å². The number of hydrogen-bond acceptors (Lipinski definition) is 1. The van der Waals surface area contributed by atoms with Gasteiger partial charge in [-0.05, 0) is 12.1 Å². The maximum absolute atomic E-state index is 12.9. The summed E-state index contributed by atoms with van der Waals surface area (Å²) >= 11 is 0. The molecule has 0 aliphatic rings. The molecule has 0 bridgehead atoms. The second kappa shape index (κ2) is 4.12. The van der Waals surface area contributed by atoms with Gasteiger partial charge >= 0.3 is 6.18 Å². The second-order valence-corrected chi connectivity index (χ2v) is 4.12. The van der Waals surface area contributed by atoms with Crippen LogP contribution in [0.1, 0.15) is 5.56 Å². The van der Waals surface area contributed by atoms with Crippen LogP contribution in [0, 0.1) is 0 Å². The van der Waals surface area contributed by atoms with Gasteiger partial charge in [-0.1, -0.05) is 30.3 Å². The summed E-state index contributed by atoms with van der Waals surface area (Å²) in [5.74, 6) is 0. The van der Waals surface area contributed by atoms with E-state index in [2.05, 4.69) is 4.98 Å². The van der Waals surface area contributed by atoms with Crippen molar-refractivity contribution in [2.45, 2.75) is 6.18 Å². The van der Waals surface area contributed by atoms with E-state index in [-0.39, 0.29) is 5.65 Å². The number of fused-ring (bicyclic) bond motifs is 1. The maximum atomic E-state index is 12.9. The van der Waals surface area contributed by atoms with Gasteiger partial charge in [0.05, 0.1) is 17.5 Å². The number of rotatable bonds is 1. The van der Waals surface area contributed by atoms with Crippen molar-refractivity contribution < 1.29 is 13.2 Å². The highest BCUT2D eigenvalue weighted by atomic mass is 19.4. The fourth-order valence-corrected chi connectivity index (χ4v) is 2.05. The number of alkyl halides is 3.